The number of carbonyl (C=O) groups is 1. The zero-order valence-corrected chi connectivity index (χ0v) is 29.3. The highest BCUT2D eigenvalue weighted by Gasteiger charge is 2.41. The van der Waals surface area contributed by atoms with Crippen molar-refractivity contribution in [2.45, 2.75) is 64.3 Å². The third kappa shape index (κ3) is 7.55. The average molecular weight is 732 g/mol. The quantitative estimate of drug-likeness (QED) is 0.129. The van der Waals surface area contributed by atoms with Crippen LogP contribution >= 0.6 is 11.3 Å². The summed E-state index contributed by atoms with van der Waals surface area (Å²) in [6, 6.07) is 19.1. The van der Waals surface area contributed by atoms with E-state index in [4.69, 9.17) is 15.0 Å². The van der Waals surface area contributed by atoms with Gasteiger partial charge in [-0.05, 0) is 91.9 Å². The normalized spacial score (nSPS) is 16.0. The SMILES string of the molecule is Cc1cc(C[n+]2cnn(C[C@](O)(c3cccc(F)c3)[C@H](C)c3nc(-c4ccc(C#N)cc4)cs3)c2)cc(C)c1OC(=O)C1CCCN1.[Br-]. The van der Waals surface area contributed by atoms with Crippen LogP contribution in [0.15, 0.2) is 78.7 Å². The van der Waals surface area contributed by atoms with Crippen LogP contribution in [-0.2, 0) is 23.5 Å². The first-order chi connectivity index (χ1) is 22.6. The number of hydrogen-bond acceptors (Lipinski definition) is 8. The zero-order valence-electron chi connectivity index (χ0n) is 26.9. The van der Waals surface area contributed by atoms with Crippen molar-refractivity contribution < 1.29 is 40.6 Å². The van der Waals surface area contributed by atoms with Crippen molar-refractivity contribution in [2.24, 2.45) is 0 Å². The van der Waals surface area contributed by atoms with Crippen LogP contribution in [0.2, 0.25) is 0 Å². The van der Waals surface area contributed by atoms with Gasteiger partial charge in [0.2, 0.25) is 6.33 Å². The van der Waals surface area contributed by atoms with E-state index in [0.717, 1.165) is 47.3 Å². The van der Waals surface area contributed by atoms with Gasteiger partial charge in [0.05, 0.1) is 28.9 Å². The van der Waals surface area contributed by atoms with Gasteiger partial charge in [-0.15, -0.1) is 16.0 Å². The van der Waals surface area contributed by atoms with E-state index in [9.17, 15) is 14.3 Å². The first kappa shape index (κ1) is 35.0. The van der Waals surface area contributed by atoms with Crippen LogP contribution < -0.4 is 31.6 Å². The predicted molar refractivity (Wildman–Crippen MR) is 175 cm³/mol. The van der Waals surface area contributed by atoms with Gasteiger partial charge in [-0.25, -0.2) is 18.7 Å². The number of nitrogens with zero attached hydrogens (tertiary/aromatic N) is 5. The second-order valence-corrected chi connectivity index (χ2v) is 13.1. The number of esters is 1. The molecule has 9 nitrogen and oxygen atoms in total. The summed E-state index contributed by atoms with van der Waals surface area (Å²) in [5, 5.41) is 31.8. The number of aliphatic hydroxyl groups is 1. The summed E-state index contributed by atoms with van der Waals surface area (Å²) in [6.07, 6.45) is 5.25. The number of benzene rings is 3. The van der Waals surface area contributed by atoms with Crippen molar-refractivity contribution in [1.29, 1.82) is 5.26 Å². The van der Waals surface area contributed by atoms with Crippen LogP contribution in [0.25, 0.3) is 11.3 Å². The molecule has 48 heavy (non-hydrogen) atoms. The van der Waals surface area contributed by atoms with Gasteiger partial charge in [0, 0.05) is 22.0 Å². The highest BCUT2D eigenvalue weighted by atomic mass is 79.9. The Morgan fingerprint density at radius 3 is 2.65 bits per heavy atom. The second kappa shape index (κ2) is 14.9. The topological polar surface area (TPSA) is 117 Å². The molecule has 1 unspecified atom stereocenters. The van der Waals surface area contributed by atoms with Gasteiger partial charge < -0.3 is 32.1 Å². The summed E-state index contributed by atoms with van der Waals surface area (Å²) in [6.45, 7) is 7.13. The number of aryl methyl sites for hydroxylation is 2. The number of halogens is 2. The van der Waals surface area contributed by atoms with E-state index in [1.165, 1.54) is 23.5 Å². The Bertz CT molecular complexity index is 1930. The van der Waals surface area contributed by atoms with Crippen LogP contribution in [0.1, 0.15) is 58.5 Å². The lowest BCUT2D eigenvalue weighted by Gasteiger charge is -2.31. The van der Waals surface area contributed by atoms with Gasteiger partial charge in [0.25, 0.3) is 6.33 Å². The van der Waals surface area contributed by atoms with E-state index >= 15 is 0 Å². The molecular weight excluding hydrogens is 695 g/mol. The summed E-state index contributed by atoms with van der Waals surface area (Å²) in [7, 11) is 0. The fraction of sp³-hybridized carbons (Fsp3) is 0.306. The summed E-state index contributed by atoms with van der Waals surface area (Å²) >= 11 is 1.42. The predicted octanol–water partition coefficient (Wildman–Crippen LogP) is 2.32. The van der Waals surface area contributed by atoms with Crippen molar-refractivity contribution in [3.05, 3.63) is 117 Å². The average Bonchev–Trinajstić information content (AvgIpc) is 3.86. The lowest BCUT2D eigenvalue weighted by atomic mass is 9.82. The number of hydrogen-bond donors (Lipinski definition) is 2. The molecule has 248 valence electrons. The van der Waals surface area contributed by atoms with E-state index in [0.29, 0.717) is 28.4 Å². The minimum atomic E-state index is -1.54. The molecule has 1 saturated heterocycles. The lowest BCUT2D eigenvalue weighted by molar-refractivity contribution is -0.689. The standard InChI is InChI=1S/C36H36FN6O3S.BrH/c1-23-14-27(15-24(2)33(23)46-35(44)31-8-5-13-39-31)18-42-21-40-43(22-42)20-36(45,29-6-4-7-30(37)16-29)25(3)34-41-32(19-47-34)28-11-9-26(17-38)10-12-28;/h4,6-7,9-12,14-16,19,21-22,25,31,39,45H,5,8,13,18,20H2,1-3H3;1H/q+1;/p-1/t25-,31?,36-;/m1./s1. The Labute approximate surface area is 293 Å². The highest BCUT2D eigenvalue weighted by Crippen LogP contribution is 2.40. The lowest BCUT2D eigenvalue weighted by Crippen LogP contribution is -3.00. The van der Waals surface area contributed by atoms with Gasteiger partial charge in [-0.3, -0.25) is 0 Å². The van der Waals surface area contributed by atoms with Crippen molar-refractivity contribution in [3.63, 3.8) is 0 Å². The van der Waals surface area contributed by atoms with Gasteiger partial charge in [0.1, 0.15) is 29.8 Å². The minimum Gasteiger partial charge on any atom is -1.00 e. The first-order valence-electron chi connectivity index (χ1n) is 15.5. The molecule has 0 radical (unpaired) electrons. The molecule has 0 spiro atoms. The molecule has 0 bridgehead atoms. The maximum Gasteiger partial charge on any atom is 0.328 e. The largest absolute Gasteiger partial charge is 1.00 e. The molecule has 3 heterocycles. The molecule has 2 N–H and O–H groups in total. The third-order valence-corrected chi connectivity index (χ3v) is 9.74. The Kier molecular flexibility index (Phi) is 10.9. The summed E-state index contributed by atoms with van der Waals surface area (Å²) in [5.74, 6) is -0.619. The van der Waals surface area contributed by atoms with Crippen LogP contribution in [0.4, 0.5) is 4.39 Å². The van der Waals surface area contributed by atoms with E-state index in [1.54, 1.807) is 35.3 Å². The molecule has 0 saturated carbocycles. The molecule has 0 aliphatic carbocycles. The maximum atomic E-state index is 14.5. The third-order valence-electron chi connectivity index (χ3n) is 8.71. The summed E-state index contributed by atoms with van der Waals surface area (Å²) < 4.78 is 23.8. The van der Waals surface area contributed by atoms with E-state index in [-0.39, 0.29) is 35.5 Å². The van der Waals surface area contributed by atoms with Crippen LogP contribution in [0.5, 0.6) is 5.75 Å². The van der Waals surface area contributed by atoms with Crippen molar-refractivity contribution in [3.8, 4) is 23.1 Å². The van der Waals surface area contributed by atoms with Gasteiger partial charge in [-0.2, -0.15) is 5.26 Å². The number of aromatic nitrogens is 4. The molecule has 0 amide bonds. The maximum absolute atomic E-state index is 14.5. The number of thiazole rings is 1. The number of nitrogens with one attached hydrogen (secondary N) is 1. The fourth-order valence-electron chi connectivity index (χ4n) is 6.11. The van der Waals surface area contributed by atoms with Crippen LogP contribution in [0, 0.1) is 31.0 Å². The van der Waals surface area contributed by atoms with E-state index in [1.807, 2.05) is 61.3 Å². The number of rotatable bonds is 10. The summed E-state index contributed by atoms with van der Waals surface area (Å²) in [5.41, 5.74) is 3.80. The molecule has 5 aromatic rings. The summed E-state index contributed by atoms with van der Waals surface area (Å²) in [4.78, 5) is 17.4. The van der Waals surface area contributed by atoms with Crippen LogP contribution in [-0.4, -0.2) is 38.4 Å². The first-order valence-corrected chi connectivity index (χ1v) is 16.4. The second-order valence-electron chi connectivity index (χ2n) is 12.2. The zero-order chi connectivity index (χ0) is 33.1. The number of ether oxygens (including phenoxy) is 1. The van der Waals surface area contributed by atoms with E-state index < -0.39 is 17.3 Å². The van der Waals surface area contributed by atoms with E-state index in [2.05, 4.69) is 16.5 Å². The Balaban J connectivity index is 0.00000451. The fourth-order valence-corrected chi connectivity index (χ4v) is 7.08. The van der Waals surface area contributed by atoms with Gasteiger partial charge in [0.15, 0.2) is 0 Å². The van der Waals surface area contributed by atoms with Crippen molar-refractivity contribution in [1.82, 2.24) is 20.1 Å². The molecule has 1 aliphatic rings. The molecule has 2 aromatic heterocycles. The molecule has 12 heteroatoms. The molecule has 1 aliphatic heterocycles. The molecule has 6 rings (SSSR count). The van der Waals surface area contributed by atoms with Gasteiger partial charge in [-0.1, -0.05) is 31.2 Å². The molecule has 3 atom stereocenters. The Morgan fingerprint density at radius 1 is 1.23 bits per heavy atom. The molecule has 1 fully saturated rings. The number of nitriles is 1. The Morgan fingerprint density at radius 2 is 1.98 bits per heavy atom. The number of carbonyl (C=O) groups excluding carboxylic acids is 1. The molecular formula is C36H36BrFN6O3S. The van der Waals surface area contributed by atoms with Gasteiger partial charge >= 0.3 is 5.97 Å². The highest BCUT2D eigenvalue weighted by molar-refractivity contribution is 7.10. The smallest absolute Gasteiger partial charge is 0.328 e. The van der Waals surface area contributed by atoms with Crippen molar-refractivity contribution in [2.75, 3.05) is 6.54 Å². The van der Waals surface area contributed by atoms with Crippen LogP contribution in [0.3, 0.4) is 0 Å². The minimum absolute atomic E-state index is 0. The Hall–Kier alpha value is -4.28. The molecule has 3 aromatic carbocycles. The van der Waals surface area contributed by atoms with Crippen molar-refractivity contribution >= 4 is 17.3 Å². The monoisotopic (exact) mass is 730 g/mol.